The summed E-state index contributed by atoms with van der Waals surface area (Å²) in [5.74, 6) is -0.293. The molecule has 82 valence electrons. The number of aromatic nitrogens is 3. The fraction of sp³-hybridized carbons (Fsp3) is 0.182. The summed E-state index contributed by atoms with van der Waals surface area (Å²) in [6.07, 6.45) is 3.32. The highest BCUT2D eigenvalue weighted by molar-refractivity contribution is 5.60. The highest BCUT2D eigenvalue weighted by Gasteiger charge is 2.11. The van der Waals surface area contributed by atoms with Crippen molar-refractivity contribution in [1.82, 2.24) is 15.0 Å². The molecule has 0 amide bonds. The summed E-state index contributed by atoms with van der Waals surface area (Å²) in [5, 5.41) is 0. The molecule has 2 N–H and O–H groups in total. The molecule has 0 spiro atoms. The maximum absolute atomic E-state index is 13.3. The highest BCUT2D eigenvalue weighted by Crippen LogP contribution is 2.21. The number of hydrogen-bond donors (Lipinski definition) is 1. The predicted molar refractivity (Wildman–Crippen MR) is 59.1 cm³/mol. The van der Waals surface area contributed by atoms with Gasteiger partial charge < -0.3 is 5.73 Å². The molecule has 0 bridgehead atoms. The van der Waals surface area contributed by atoms with Crippen molar-refractivity contribution in [3.63, 3.8) is 0 Å². The van der Waals surface area contributed by atoms with Gasteiger partial charge in [-0.15, -0.1) is 0 Å². The van der Waals surface area contributed by atoms with Crippen LogP contribution in [0.1, 0.15) is 11.3 Å². The Morgan fingerprint density at radius 3 is 2.62 bits per heavy atom. The van der Waals surface area contributed by atoms with Crippen molar-refractivity contribution < 1.29 is 4.39 Å². The molecule has 2 rings (SSSR count). The van der Waals surface area contributed by atoms with Crippen LogP contribution in [0.2, 0.25) is 0 Å². The Bertz CT molecular complexity index is 516. The third-order valence-corrected chi connectivity index (χ3v) is 2.32. The second-order valence-electron chi connectivity index (χ2n) is 3.52. The molecule has 0 saturated heterocycles. The van der Waals surface area contributed by atoms with E-state index in [1.807, 2.05) is 13.0 Å². The molecule has 4 nitrogen and oxygen atoms in total. The largest absolute Gasteiger partial charge is 0.381 e. The van der Waals surface area contributed by atoms with E-state index in [-0.39, 0.29) is 11.5 Å². The normalized spacial score (nSPS) is 10.4. The molecule has 2 aromatic heterocycles. The van der Waals surface area contributed by atoms with Gasteiger partial charge in [0.1, 0.15) is 0 Å². The first-order valence-corrected chi connectivity index (χ1v) is 4.80. The number of hydrogen-bond acceptors (Lipinski definition) is 4. The van der Waals surface area contributed by atoms with Crippen LogP contribution in [-0.4, -0.2) is 15.0 Å². The fourth-order valence-corrected chi connectivity index (χ4v) is 1.40. The van der Waals surface area contributed by atoms with E-state index in [1.165, 1.54) is 0 Å². The molecule has 16 heavy (non-hydrogen) atoms. The van der Waals surface area contributed by atoms with Crippen molar-refractivity contribution in [3.8, 4) is 11.4 Å². The first-order valence-electron chi connectivity index (χ1n) is 4.80. The third kappa shape index (κ3) is 1.71. The average Bonchev–Trinajstić information content (AvgIpc) is 2.26. The van der Waals surface area contributed by atoms with Crippen molar-refractivity contribution in [2.24, 2.45) is 0 Å². The van der Waals surface area contributed by atoms with Crippen LogP contribution in [0, 0.1) is 19.7 Å². The maximum Gasteiger partial charge on any atom is 0.186 e. The predicted octanol–water partition coefficient (Wildman–Crippen LogP) is 1.88. The summed E-state index contributed by atoms with van der Waals surface area (Å²) >= 11 is 0. The SMILES string of the molecule is Cc1ccncc1-c1nc(C)c(F)c(N)n1. The zero-order valence-electron chi connectivity index (χ0n) is 9.03. The van der Waals surface area contributed by atoms with Crippen LogP contribution in [0.25, 0.3) is 11.4 Å². The second kappa shape index (κ2) is 3.84. The van der Waals surface area contributed by atoms with Crippen LogP contribution < -0.4 is 5.73 Å². The lowest BCUT2D eigenvalue weighted by Gasteiger charge is -2.06. The molecule has 0 aliphatic carbocycles. The van der Waals surface area contributed by atoms with Crippen LogP contribution in [-0.2, 0) is 0 Å². The lowest BCUT2D eigenvalue weighted by atomic mass is 10.1. The zero-order chi connectivity index (χ0) is 11.7. The number of pyridine rings is 1. The van der Waals surface area contributed by atoms with Gasteiger partial charge in [-0.1, -0.05) is 0 Å². The molecule has 2 aromatic rings. The van der Waals surface area contributed by atoms with Crippen LogP contribution in [0.5, 0.6) is 0 Å². The summed E-state index contributed by atoms with van der Waals surface area (Å²) in [5.41, 5.74) is 7.44. The van der Waals surface area contributed by atoms with Gasteiger partial charge >= 0.3 is 0 Å². The monoisotopic (exact) mass is 218 g/mol. The van der Waals surface area contributed by atoms with Gasteiger partial charge in [-0.2, -0.15) is 0 Å². The lowest BCUT2D eigenvalue weighted by Crippen LogP contribution is -2.03. The van der Waals surface area contributed by atoms with E-state index in [2.05, 4.69) is 15.0 Å². The van der Waals surface area contributed by atoms with Crippen LogP contribution >= 0.6 is 0 Å². The summed E-state index contributed by atoms with van der Waals surface area (Å²) in [4.78, 5) is 12.0. The van der Waals surface area contributed by atoms with Gasteiger partial charge in [0, 0.05) is 18.0 Å². The first kappa shape index (κ1) is 10.5. The zero-order valence-corrected chi connectivity index (χ0v) is 9.03. The summed E-state index contributed by atoms with van der Waals surface area (Å²) < 4.78 is 13.3. The standard InChI is InChI=1S/C11H11FN4/c1-6-3-4-14-5-8(6)11-15-7(2)9(12)10(13)16-11/h3-5H,1-2H3,(H2,13,15,16). The Hall–Kier alpha value is -2.04. The molecule has 5 heteroatoms. The van der Waals surface area contributed by atoms with Gasteiger partial charge in [0.15, 0.2) is 17.5 Å². The molecule has 0 aliphatic rings. The van der Waals surface area contributed by atoms with Crippen molar-refractivity contribution in [1.29, 1.82) is 0 Å². The number of rotatable bonds is 1. The van der Waals surface area contributed by atoms with Crippen LogP contribution in [0.3, 0.4) is 0 Å². The van der Waals surface area contributed by atoms with Crippen molar-refractivity contribution in [2.75, 3.05) is 5.73 Å². The molecular weight excluding hydrogens is 207 g/mol. The number of aryl methyl sites for hydroxylation is 2. The molecule has 0 atom stereocenters. The van der Waals surface area contributed by atoms with E-state index >= 15 is 0 Å². The van der Waals surface area contributed by atoms with Gasteiger partial charge in [-0.25, -0.2) is 14.4 Å². The molecule has 2 heterocycles. The molecule has 0 aromatic carbocycles. The molecular formula is C11H11FN4. The Labute approximate surface area is 92.4 Å². The van der Waals surface area contributed by atoms with Crippen molar-refractivity contribution >= 4 is 5.82 Å². The van der Waals surface area contributed by atoms with Gasteiger partial charge in [-0.3, -0.25) is 4.98 Å². The van der Waals surface area contributed by atoms with Gasteiger partial charge in [0.25, 0.3) is 0 Å². The van der Waals surface area contributed by atoms with E-state index in [9.17, 15) is 4.39 Å². The quantitative estimate of drug-likeness (QED) is 0.793. The highest BCUT2D eigenvalue weighted by atomic mass is 19.1. The third-order valence-electron chi connectivity index (χ3n) is 2.32. The number of halogens is 1. The smallest absolute Gasteiger partial charge is 0.186 e. The fourth-order valence-electron chi connectivity index (χ4n) is 1.40. The van der Waals surface area contributed by atoms with Crippen LogP contribution in [0.15, 0.2) is 18.5 Å². The number of nitrogens with zero attached hydrogens (tertiary/aromatic N) is 3. The minimum Gasteiger partial charge on any atom is -0.381 e. The van der Waals surface area contributed by atoms with Gasteiger partial charge in [0.05, 0.1) is 5.69 Å². The van der Waals surface area contributed by atoms with Gasteiger partial charge in [-0.05, 0) is 25.5 Å². The first-order chi connectivity index (χ1) is 7.59. The van der Waals surface area contributed by atoms with E-state index < -0.39 is 5.82 Å². The van der Waals surface area contributed by atoms with E-state index in [4.69, 9.17) is 5.73 Å². The van der Waals surface area contributed by atoms with E-state index in [1.54, 1.807) is 19.3 Å². The van der Waals surface area contributed by atoms with Crippen molar-refractivity contribution in [3.05, 3.63) is 35.5 Å². The molecule has 0 aliphatic heterocycles. The minimum atomic E-state index is -0.565. The Morgan fingerprint density at radius 2 is 2.00 bits per heavy atom. The summed E-state index contributed by atoms with van der Waals surface area (Å²) in [6, 6.07) is 1.84. The maximum atomic E-state index is 13.3. The number of nitrogen functional groups attached to an aromatic ring is 1. The average molecular weight is 218 g/mol. The van der Waals surface area contributed by atoms with Crippen LogP contribution in [0.4, 0.5) is 10.2 Å². The van der Waals surface area contributed by atoms with E-state index in [0.29, 0.717) is 5.82 Å². The Kier molecular flexibility index (Phi) is 2.52. The minimum absolute atomic E-state index is 0.134. The number of nitrogens with two attached hydrogens (primary N) is 1. The van der Waals surface area contributed by atoms with E-state index in [0.717, 1.165) is 11.1 Å². The second-order valence-corrected chi connectivity index (χ2v) is 3.52. The lowest BCUT2D eigenvalue weighted by molar-refractivity contribution is 0.608. The van der Waals surface area contributed by atoms with Crippen molar-refractivity contribution in [2.45, 2.75) is 13.8 Å². The molecule has 0 fully saturated rings. The Balaban J connectivity index is 2.62. The summed E-state index contributed by atoms with van der Waals surface area (Å²) in [6.45, 7) is 3.47. The number of anilines is 1. The summed E-state index contributed by atoms with van der Waals surface area (Å²) in [7, 11) is 0. The Morgan fingerprint density at radius 1 is 1.25 bits per heavy atom. The molecule has 0 radical (unpaired) electrons. The topological polar surface area (TPSA) is 64.7 Å². The molecule has 0 saturated carbocycles. The molecule has 0 unspecified atom stereocenters. The van der Waals surface area contributed by atoms with Gasteiger partial charge in [0.2, 0.25) is 0 Å².